The van der Waals surface area contributed by atoms with Gasteiger partial charge >= 0.3 is 0 Å². The summed E-state index contributed by atoms with van der Waals surface area (Å²) in [4.78, 5) is 14.6. The van der Waals surface area contributed by atoms with Crippen LogP contribution in [-0.2, 0) is 4.79 Å². The largest absolute Gasteiger partial charge is 0.385 e. The summed E-state index contributed by atoms with van der Waals surface area (Å²) in [5, 5.41) is 9.30. The number of carbonyl (C=O) groups is 1. The fourth-order valence-corrected chi connectivity index (χ4v) is 3.52. The number of amides is 1. The van der Waals surface area contributed by atoms with Crippen LogP contribution in [0.5, 0.6) is 0 Å². The van der Waals surface area contributed by atoms with Crippen molar-refractivity contribution in [3.05, 3.63) is 59.5 Å². The van der Waals surface area contributed by atoms with Gasteiger partial charge in [0.05, 0.1) is 11.3 Å². The van der Waals surface area contributed by atoms with Gasteiger partial charge in [-0.15, -0.1) is 0 Å². The van der Waals surface area contributed by atoms with Gasteiger partial charge in [0.2, 0.25) is 0 Å². The number of rotatable bonds is 9. The van der Waals surface area contributed by atoms with Gasteiger partial charge in [0.1, 0.15) is 5.82 Å². The average molecular weight is 397 g/mol. The lowest BCUT2D eigenvalue weighted by atomic mass is 10.1. The molecule has 29 heavy (non-hydrogen) atoms. The van der Waals surface area contributed by atoms with Gasteiger partial charge in [-0.2, -0.15) is 0 Å². The molecule has 1 aliphatic rings. The lowest BCUT2D eigenvalue weighted by Crippen LogP contribution is -2.25. The van der Waals surface area contributed by atoms with Crippen LogP contribution in [0.1, 0.15) is 31.4 Å². The van der Waals surface area contributed by atoms with Crippen LogP contribution in [0.4, 0.5) is 21.5 Å². The van der Waals surface area contributed by atoms with Gasteiger partial charge in [0, 0.05) is 29.7 Å². The molecule has 0 atom stereocenters. The SMILES string of the molecule is CCN(CC)CCCNc1ccc(NC=C2C(=O)Nc3cccc(F)c32)cc1C. The summed E-state index contributed by atoms with van der Waals surface area (Å²) in [6.07, 6.45) is 2.66. The minimum Gasteiger partial charge on any atom is -0.385 e. The predicted molar refractivity (Wildman–Crippen MR) is 119 cm³/mol. The number of hydrogen-bond donors (Lipinski definition) is 3. The second-order valence-electron chi connectivity index (χ2n) is 7.16. The fourth-order valence-electron chi connectivity index (χ4n) is 3.52. The number of hydrogen-bond acceptors (Lipinski definition) is 4. The second-order valence-corrected chi connectivity index (χ2v) is 7.16. The normalized spacial score (nSPS) is 14.2. The molecule has 5 nitrogen and oxygen atoms in total. The number of benzene rings is 2. The Morgan fingerprint density at radius 3 is 2.69 bits per heavy atom. The molecule has 0 fully saturated rings. The van der Waals surface area contributed by atoms with Crippen molar-refractivity contribution in [1.82, 2.24) is 4.90 Å². The molecule has 2 aromatic carbocycles. The molecule has 0 saturated heterocycles. The third-order valence-electron chi connectivity index (χ3n) is 5.25. The topological polar surface area (TPSA) is 56.4 Å². The first-order valence-corrected chi connectivity index (χ1v) is 10.2. The number of nitrogens with one attached hydrogen (secondary N) is 3. The zero-order valence-corrected chi connectivity index (χ0v) is 17.3. The van der Waals surface area contributed by atoms with E-state index in [-0.39, 0.29) is 5.91 Å². The Kier molecular flexibility index (Phi) is 6.88. The first-order valence-electron chi connectivity index (χ1n) is 10.2. The van der Waals surface area contributed by atoms with E-state index in [0.717, 1.165) is 49.5 Å². The molecule has 0 radical (unpaired) electrons. The van der Waals surface area contributed by atoms with Gasteiger partial charge in [-0.25, -0.2) is 4.39 Å². The molecule has 1 heterocycles. The highest BCUT2D eigenvalue weighted by molar-refractivity contribution is 6.31. The number of nitrogens with zero attached hydrogens (tertiary/aromatic N) is 1. The van der Waals surface area contributed by atoms with E-state index < -0.39 is 5.82 Å². The molecule has 0 aliphatic carbocycles. The first-order chi connectivity index (χ1) is 14.0. The molecule has 0 aromatic heterocycles. The molecule has 1 aliphatic heterocycles. The minimum atomic E-state index is -0.408. The first kappa shape index (κ1) is 20.9. The van der Waals surface area contributed by atoms with Gasteiger partial charge < -0.3 is 20.9 Å². The van der Waals surface area contributed by atoms with Crippen molar-refractivity contribution in [1.29, 1.82) is 0 Å². The third kappa shape index (κ3) is 4.95. The van der Waals surface area contributed by atoms with E-state index >= 15 is 0 Å². The molecule has 3 N–H and O–H groups in total. The maximum Gasteiger partial charge on any atom is 0.257 e. The van der Waals surface area contributed by atoms with Gasteiger partial charge in [-0.3, -0.25) is 4.79 Å². The summed E-state index contributed by atoms with van der Waals surface area (Å²) >= 11 is 0. The molecule has 3 rings (SSSR count). The summed E-state index contributed by atoms with van der Waals surface area (Å²) in [7, 11) is 0. The average Bonchev–Trinajstić information content (AvgIpc) is 3.04. The Labute approximate surface area is 172 Å². The van der Waals surface area contributed by atoms with Crippen LogP contribution in [0.2, 0.25) is 0 Å². The number of anilines is 3. The molecule has 154 valence electrons. The summed E-state index contributed by atoms with van der Waals surface area (Å²) in [5.74, 6) is -0.713. The van der Waals surface area contributed by atoms with E-state index in [1.165, 1.54) is 6.07 Å². The quantitative estimate of drug-likeness (QED) is 0.425. The molecule has 1 amide bonds. The van der Waals surface area contributed by atoms with E-state index in [0.29, 0.717) is 16.8 Å². The Balaban J connectivity index is 1.62. The van der Waals surface area contributed by atoms with E-state index in [9.17, 15) is 9.18 Å². The van der Waals surface area contributed by atoms with Gasteiger partial charge in [0.15, 0.2) is 0 Å². The number of carbonyl (C=O) groups excluding carboxylic acids is 1. The van der Waals surface area contributed by atoms with E-state index in [4.69, 9.17) is 0 Å². The highest BCUT2D eigenvalue weighted by Gasteiger charge is 2.27. The zero-order chi connectivity index (χ0) is 20.8. The Morgan fingerprint density at radius 2 is 1.97 bits per heavy atom. The number of fused-ring (bicyclic) bond motifs is 1. The van der Waals surface area contributed by atoms with Crippen LogP contribution >= 0.6 is 0 Å². The van der Waals surface area contributed by atoms with Crippen molar-refractivity contribution in [2.45, 2.75) is 27.2 Å². The molecular weight excluding hydrogens is 367 g/mol. The molecule has 0 unspecified atom stereocenters. The monoisotopic (exact) mass is 396 g/mol. The summed E-state index contributed by atoms with van der Waals surface area (Å²) < 4.78 is 14.1. The standard InChI is InChI=1S/C23H29FN4O/c1-4-28(5-2)13-7-12-25-20-11-10-17(14-16(20)3)26-15-18-22-19(24)8-6-9-21(22)27-23(18)29/h6,8-11,14-15,25-26H,4-5,7,12-13H2,1-3H3,(H,27,29). The van der Waals surface area contributed by atoms with Crippen LogP contribution in [0, 0.1) is 12.7 Å². The summed E-state index contributed by atoms with van der Waals surface area (Å²) in [5.41, 5.74) is 4.17. The van der Waals surface area contributed by atoms with Crippen molar-refractivity contribution in [2.24, 2.45) is 0 Å². The lowest BCUT2D eigenvalue weighted by molar-refractivity contribution is -0.110. The molecule has 6 heteroatoms. The lowest BCUT2D eigenvalue weighted by Gasteiger charge is -2.18. The van der Waals surface area contributed by atoms with Crippen molar-refractivity contribution >= 4 is 28.5 Å². The number of halogens is 1. The van der Waals surface area contributed by atoms with E-state index in [1.807, 2.05) is 25.1 Å². The van der Waals surface area contributed by atoms with Gasteiger partial charge in [0.25, 0.3) is 5.91 Å². The summed E-state index contributed by atoms with van der Waals surface area (Å²) in [6.45, 7) is 10.6. The van der Waals surface area contributed by atoms with E-state index in [1.54, 1.807) is 18.3 Å². The maximum absolute atomic E-state index is 14.1. The Hall–Kier alpha value is -2.86. The van der Waals surface area contributed by atoms with Crippen molar-refractivity contribution in [2.75, 3.05) is 42.1 Å². The molecule has 0 saturated carbocycles. The van der Waals surface area contributed by atoms with Crippen LogP contribution in [0.25, 0.3) is 5.57 Å². The highest BCUT2D eigenvalue weighted by atomic mass is 19.1. The smallest absolute Gasteiger partial charge is 0.257 e. The zero-order valence-electron chi connectivity index (χ0n) is 17.3. The molecule has 0 bridgehead atoms. The van der Waals surface area contributed by atoms with Crippen LogP contribution in [0.15, 0.2) is 42.6 Å². The van der Waals surface area contributed by atoms with Crippen molar-refractivity contribution in [3.8, 4) is 0 Å². The molecular formula is C23H29FN4O. The third-order valence-corrected chi connectivity index (χ3v) is 5.25. The van der Waals surface area contributed by atoms with Gasteiger partial charge in [-0.1, -0.05) is 19.9 Å². The molecule has 0 spiro atoms. The van der Waals surface area contributed by atoms with E-state index in [2.05, 4.69) is 34.7 Å². The van der Waals surface area contributed by atoms with Crippen molar-refractivity contribution in [3.63, 3.8) is 0 Å². The fraction of sp³-hybridized carbons (Fsp3) is 0.348. The van der Waals surface area contributed by atoms with Crippen LogP contribution < -0.4 is 16.0 Å². The van der Waals surface area contributed by atoms with Crippen molar-refractivity contribution < 1.29 is 9.18 Å². The second kappa shape index (κ2) is 9.56. The van der Waals surface area contributed by atoms with Crippen LogP contribution in [0.3, 0.4) is 0 Å². The molecule has 2 aromatic rings. The maximum atomic E-state index is 14.1. The summed E-state index contributed by atoms with van der Waals surface area (Å²) in [6, 6.07) is 10.6. The Bertz CT molecular complexity index is 906. The number of aryl methyl sites for hydroxylation is 1. The Morgan fingerprint density at radius 1 is 1.17 bits per heavy atom. The minimum absolute atomic E-state index is 0.300. The highest BCUT2D eigenvalue weighted by Crippen LogP contribution is 2.33. The predicted octanol–water partition coefficient (Wildman–Crippen LogP) is 4.68. The van der Waals surface area contributed by atoms with Gasteiger partial charge in [-0.05, 0) is 68.9 Å². The van der Waals surface area contributed by atoms with Crippen LogP contribution in [-0.4, -0.2) is 37.0 Å².